The van der Waals surface area contributed by atoms with Gasteiger partial charge in [-0.1, -0.05) is 12.1 Å². The van der Waals surface area contributed by atoms with Gasteiger partial charge in [-0.05, 0) is 24.3 Å². The molecule has 0 saturated carbocycles. The van der Waals surface area contributed by atoms with E-state index in [0.29, 0.717) is 0 Å². The fourth-order valence-corrected chi connectivity index (χ4v) is 2.64. The number of rotatable bonds is 9. The van der Waals surface area contributed by atoms with Gasteiger partial charge in [0.05, 0.1) is 17.9 Å². The highest BCUT2D eigenvalue weighted by molar-refractivity contribution is 5.04. The lowest BCUT2D eigenvalue weighted by molar-refractivity contribution is 0.244. The van der Waals surface area contributed by atoms with E-state index in [4.69, 9.17) is 0 Å². The van der Waals surface area contributed by atoms with E-state index in [2.05, 4.69) is 35.8 Å². The Labute approximate surface area is 148 Å². The molecule has 0 spiro atoms. The van der Waals surface area contributed by atoms with E-state index in [9.17, 15) is 0 Å². The van der Waals surface area contributed by atoms with E-state index in [1.165, 1.54) is 0 Å². The first-order valence-corrected chi connectivity index (χ1v) is 8.50. The molecule has 3 rings (SSSR count). The summed E-state index contributed by atoms with van der Waals surface area (Å²) in [6.45, 7) is 4.18. The number of imidazole rings is 1. The van der Waals surface area contributed by atoms with Crippen molar-refractivity contribution in [2.75, 3.05) is 13.1 Å². The van der Waals surface area contributed by atoms with Crippen LogP contribution in [0.2, 0.25) is 0 Å². The summed E-state index contributed by atoms with van der Waals surface area (Å²) >= 11 is 0. The van der Waals surface area contributed by atoms with Crippen molar-refractivity contribution in [2.45, 2.75) is 19.6 Å². The van der Waals surface area contributed by atoms with Gasteiger partial charge in [-0.25, -0.2) is 4.98 Å². The summed E-state index contributed by atoms with van der Waals surface area (Å²) < 4.78 is 2.06. The predicted octanol–water partition coefficient (Wildman–Crippen LogP) is 2.00. The molecular weight excluding hydrogens is 312 g/mol. The minimum atomic E-state index is 0.778. The minimum absolute atomic E-state index is 0.778. The molecule has 6 nitrogen and oxygen atoms in total. The maximum absolute atomic E-state index is 4.45. The molecular formula is C19H24N6. The summed E-state index contributed by atoms with van der Waals surface area (Å²) in [5, 5.41) is 3.46. The monoisotopic (exact) mass is 336 g/mol. The van der Waals surface area contributed by atoms with Crippen molar-refractivity contribution in [1.82, 2.24) is 29.7 Å². The van der Waals surface area contributed by atoms with Crippen LogP contribution in [0, 0.1) is 0 Å². The lowest BCUT2D eigenvalue weighted by atomic mass is 10.3. The van der Waals surface area contributed by atoms with E-state index in [0.717, 1.165) is 49.9 Å². The molecule has 0 saturated heterocycles. The van der Waals surface area contributed by atoms with Gasteiger partial charge >= 0.3 is 0 Å². The largest absolute Gasteiger partial charge is 0.337 e. The molecule has 0 radical (unpaired) electrons. The predicted molar refractivity (Wildman–Crippen MR) is 97.5 cm³/mol. The third-order valence-corrected chi connectivity index (χ3v) is 4.03. The van der Waals surface area contributed by atoms with E-state index in [1.54, 1.807) is 0 Å². The summed E-state index contributed by atoms with van der Waals surface area (Å²) in [6.07, 6.45) is 7.49. The summed E-state index contributed by atoms with van der Waals surface area (Å²) in [4.78, 5) is 15.6. The highest BCUT2D eigenvalue weighted by Crippen LogP contribution is 2.06. The van der Waals surface area contributed by atoms with Gasteiger partial charge in [0, 0.05) is 58.0 Å². The zero-order valence-corrected chi connectivity index (χ0v) is 14.5. The van der Waals surface area contributed by atoms with Crippen LogP contribution in [0.4, 0.5) is 0 Å². The third kappa shape index (κ3) is 5.48. The number of aromatic nitrogens is 4. The maximum Gasteiger partial charge on any atom is 0.122 e. The highest BCUT2D eigenvalue weighted by Gasteiger charge is 2.10. The van der Waals surface area contributed by atoms with Crippen LogP contribution in [0.1, 0.15) is 17.2 Å². The molecule has 3 heterocycles. The van der Waals surface area contributed by atoms with Gasteiger partial charge in [-0.15, -0.1) is 0 Å². The van der Waals surface area contributed by atoms with Crippen molar-refractivity contribution >= 4 is 0 Å². The van der Waals surface area contributed by atoms with Crippen LogP contribution in [-0.2, 0) is 26.7 Å². The topological polar surface area (TPSA) is 58.9 Å². The first kappa shape index (κ1) is 17.3. The van der Waals surface area contributed by atoms with Gasteiger partial charge in [0.15, 0.2) is 0 Å². The number of pyridine rings is 2. The lowest BCUT2D eigenvalue weighted by Gasteiger charge is -2.22. The number of nitrogens with zero attached hydrogens (tertiary/aromatic N) is 5. The fraction of sp³-hybridized carbons (Fsp3) is 0.316. The number of hydrogen-bond donors (Lipinski definition) is 1. The Morgan fingerprint density at radius 3 is 2.32 bits per heavy atom. The van der Waals surface area contributed by atoms with Gasteiger partial charge in [-0.2, -0.15) is 0 Å². The fourth-order valence-electron chi connectivity index (χ4n) is 2.64. The van der Waals surface area contributed by atoms with Crippen molar-refractivity contribution < 1.29 is 0 Å². The van der Waals surface area contributed by atoms with E-state index in [1.807, 2.05) is 62.2 Å². The number of hydrogen-bond acceptors (Lipinski definition) is 5. The standard InChI is InChI=1S/C19H24N6/c1-24-12-11-23-19(24)16-25(15-18-7-3-5-9-22-18)13-10-20-14-17-6-2-4-8-21-17/h2-9,11-12,20H,10,13-16H2,1H3. The average Bonchev–Trinajstić information content (AvgIpc) is 3.05. The lowest BCUT2D eigenvalue weighted by Crippen LogP contribution is -2.32. The zero-order valence-electron chi connectivity index (χ0n) is 14.5. The average molecular weight is 336 g/mol. The van der Waals surface area contributed by atoms with Crippen LogP contribution in [0.25, 0.3) is 0 Å². The van der Waals surface area contributed by atoms with Crippen LogP contribution in [-0.4, -0.2) is 37.5 Å². The first-order valence-electron chi connectivity index (χ1n) is 8.50. The van der Waals surface area contributed by atoms with Crippen molar-refractivity contribution in [3.8, 4) is 0 Å². The molecule has 0 aliphatic heterocycles. The van der Waals surface area contributed by atoms with Crippen molar-refractivity contribution in [3.05, 3.63) is 78.4 Å². The highest BCUT2D eigenvalue weighted by atomic mass is 15.2. The number of nitrogens with one attached hydrogen (secondary N) is 1. The number of aryl methyl sites for hydroxylation is 1. The molecule has 0 aliphatic rings. The van der Waals surface area contributed by atoms with Crippen LogP contribution >= 0.6 is 0 Å². The zero-order chi connectivity index (χ0) is 17.3. The Bertz CT molecular complexity index is 741. The molecule has 0 fully saturated rings. The van der Waals surface area contributed by atoms with Crippen molar-refractivity contribution in [1.29, 1.82) is 0 Å². The van der Waals surface area contributed by atoms with Gasteiger partial charge < -0.3 is 9.88 Å². The van der Waals surface area contributed by atoms with Crippen LogP contribution < -0.4 is 5.32 Å². The Morgan fingerprint density at radius 2 is 1.68 bits per heavy atom. The third-order valence-electron chi connectivity index (χ3n) is 4.03. The van der Waals surface area contributed by atoms with Gasteiger partial charge in [0.25, 0.3) is 0 Å². The molecule has 0 bridgehead atoms. The second-order valence-electron chi connectivity index (χ2n) is 5.98. The molecule has 0 unspecified atom stereocenters. The van der Waals surface area contributed by atoms with Crippen LogP contribution in [0.5, 0.6) is 0 Å². The maximum atomic E-state index is 4.45. The second-order valence-corrected chi connectivity index (χ2v) is 5.98. The second kappa shape index (κ2) is 9.05. The Hall–Kier alpha value is -2.57. The van der Waals surface area contributed by atoms with E-state index < -0.39 is 0 Å². The molecule has 0 amide bonds. The molecule has 0 aliphatic carbocycles. The Kier molecular flexibility index (Phi) is 6.25. The molecule has 3 aromatic heterocycles. The van der Waals surface area contributed by atoms with E-state index in [-0.39, 0.29) is 0 Å². The quantitative estimate of drug-likeness (QED) is 0.606. The first-order chi connectivity index (χ1) is 12.3. The summed E-state index contributed by atoms with van der Waals surface area (Å²) in [7, 11) is 2.03. The van der Waals surface area contributed by atoms with Gasteiger partial charge in [-0.3, -0.25) is 14.9 Å². The molecule has 6 heteroatoms. The van der Waals surface area contributed by atoms with E-state index >= 15 is 0 Å². The molecule has 130 valence electrons. The summed E-state index contributed by atoms with van der Waals surface area (Å²) in [5.74, 6) is 1.06. The molecule has 0 atom stereocenters. The van der Waals surface area contributed by atoms with Crippen LogP contribution in [0.3, 0.4) is 0 Å². The Morgan fingerprint density at radius 1 is 0.920 bits per heavy atom. The smallest absolute Gasteiger partial charge is 0.122 e. The van der Waals surface area contributed by atoms with Gasteiger partial charge in [0.2, 0.25) is 0 Å². The SMILES string of the molecule is Cn1ccnc1CN(CCNCc1ccccn1)Cc1ccccn1. The van der Waals surface area contributed by atoms with Crippen LogP contribution in [0.15, 0.2) is 61.2 Å². The summed E-state index contributed by atoms with van der Waals surface area (Å²) in [6, 6.07) is 12.0. The molecule has 1 N–H and O–H groups in total. The molecule has 25 heavy (non-hydrogen) atoms. The minimum Gasteiger partial charge on any atom is -0.337 e. The van der Waals surface area contributed by atoms with Gasteiger partial charge in [0.1, 0.15) is 5.82 Å². The van der Waals surface area contributed by atoms with Crippen molar-refractivity contribution in [2.24, 2.45) is 7.05 Å². The molecule has 3 aromatic rings. The normalized spacial score (nSPS) is 11.1. The van der Waals surface area contributed by atoms with Crippen molar-refractivity contribution in [3.63, 3.8) is 0 Å². The summed E-state index contributed by atoms with van der Waals surface area (Å²) in [5.41, 5.74) is 2.13. The Balaban J connectivity index is 1.55. The molecule has 0 aromatic carbocycles.